The molecule has 1 aromatic rings. The highest BCUT2D eigenvalue weighted by Crippen LogP contribution is 2.40. The Morgan fingerprint density at radius 1 is 1.31 bits per heavy atom. The summed E-state index contributed by atoms with van der Waals surface area (Å²) in [5.74, 6) is -2.37. The Hall–Kier alpha value is -2.74. The first kappa shape index (κ1) is 18.1. The van der Waals surface area contributed by atoms with E-state index in [4.69, 9.17) is 16.3 Å². The summed E-state index contributed by atoms with van der Waals surface area (Å²) < 4.78 is 4.91. The molecule has 8 nitrogen and oxygen atoms in total. The van der Waals surface area contributed by atoms with Crippen LogP contribution in [-0.2, 0) is 23.9 Å². The van der Waals surface area contributed by atoms with Gasteiger partial charge in [0.05, 0.1) is 18.7 Å². The van der Waals surface area contributed by atoms with E-state index in [2.05, 4.69) is 5.10 Å². The Labute approximate surface area is 154 Å². The van der Waals surface area contributed by atoms with Crippen LogP contribution >= 0.6 is 11.6 Å². The molecule has 2 heterocycles. The van der Waals surface area contributed by atoms with E-state index in [-0.39, 0.29) is 25.2 Å². The topological polar surface area (TPSA) is 96.3 Å². The Morgan fingerprint density at radius 3 is 2.65 bits per heavy atom. The molecule has 1 spiro atoms. The number of hydrogen-bond acceptors (Lipinski definition) is 6. The van der Waals surface area contributed by atoms with Gasteiger partial charge in [0, 0.05) is 18.4 Å². The van der Waals surface area contributed by atoms with Gasteiger partial charge in [-0.1, -0.05) is 17.7 Å². The maximum absolute atomic E-state index is 13.1. The maximum Gasteiger partial charge on any atom is 0.354 e. The van der Waals surface area contributed by atoms with E-state index in [1.807, 2.05) is 0 Å². The van der Waals surface area contributed by atoms with Crippen LogP contribution in [0.25, 0.3) is 0 Å². The third-order valence-electron chi connectivity index (χ3n) is 4.26. The molecule has 1 saturated heterocycles. The first-order valence-electron chi connectivity index (χ1n) is 7.98. The predicted molar refractivity (Wildman–Crippen MR) is 92.5 cm³/mol. The first-order valence-corrected chi connectivity index (χ1v) is 8.36. The molecule has 0 saturated carbocycles. The van der Waals surface area contributed by atoms with Gasteiger partial charge < -0.3 is 4.74 Å². The summed E-state index contributed by atoms with van der Waals surface area (Å²) in [5, 5.41) is 5.26. The summed E-state index contributed by atoms with van der Waals surface area (Å²) in [4.78, 5) is 50.8. The molecule has 1 atom stereocenters. The summed E-state index contributed by atoms with van der Waals surface area (Å²) in [6.07, 6.45) is -0.447. The number of benzene rings is 1. The van der Waals surface area contributed by atoms with Crippen LogP contribution in [0.5, 0.6) is 0 Å². The van der Waals surface area contributed by atoms with Gasteiger partial charge in [-0.3, -0.25) is 14.4 Å². The number of hydrazone groups is 1. The molecule has 2 aliphatic heterocycles. The van der Waals surface area contributed by atoms with E-state index in [0.717, 1.165) is 9.91 Å². The zero-order chi connectivity index (χ0) is 19.1. The lowest BCUT2D eigenvalue weighted by atomic mass is 9.91. The lowest BCUT2D eigenvalue weighted by Crippen LogP contribution is -2.51. The number of ether oxygens (including phenoxy) is 1. The quantitative estimate of drug-likeness (QED) is 0.587. The minimum Gasteiger partial charge on any atom is -0.461 e. The number of esters is 1. The number of anilines is 1. The van der Waals surface area contributed by atoms with Crippen molar-refractivity contribution < 1.29 is 23.9 Å². The van der Waals surface area contributed by atoms with Crippen molar-refractivity contribution in [2.75, 3.05) is 11.5 Å². The molecule has 3 rings (SSSR count). The molecule has 0 radical (unpaired) electrons. The monoisotopic (exact) mass is 377 g/mol. The van der Waals surface area contributed by atoms with Gasteiger partial charge >= 0.3 is 5.97 Å². The number of rotatable bonds is 3. The van der Waals surface area contributed by atoms with Gasteiger partial charge in [-0.05, 0) is 25.1 Å². The highest BCUT2D eigenvalue weighted by atomic mass is 35.5. The predicted octanol–water partition coefficient (Wildman–Crippen LogP) is 1.51. The summed E-state index contributed by atoms with van der Waals surface area (Å²) in [6.45, 7) is 2.99. The van der Waals surface area contributed by atoms with E-state index in [9.17, 15) is 19.2 Å². The van der Waals surface area contributed by atoms with Gasteiger partial charge in [0.25, 0.3) is 5.91 Å². The smallest absolute Gasteiger partial charge is 0.354 e. The van der Waals surface area contributed by atoms with Gasteiger partial charge in [-0.2, -0.15) is 5.10 Å². The third kappa shape index (κ3) is 2.76. The molecule has 2 aliphatic rings. The van der Waals surface area contributed by atoms with Crippen LogP contribution < -0.4 is 4.90 Å². The SMILES string of the molecule is CCOC(=O)C1=NN(C(C)=O)[C@@]2(CC(=O)N(c3cccc(Cl)c3)C2=O)C1. The molecule has 0 aliphatic carbocycles. The highest BCUT2D eigenvalue weighted by molar-refractivity contribution is 6.39. The van der Waals surface area contributed by atoms with Crippen LogP contribution in [0, 0.1) is 0 Å². The van der Waals surface area contributed by atoms with E-state index in [1.54, 1.807) is 25.1 Å². The number of halogens is 1. The summed E-state index contributed by atoms with van der Waals surface area (Å²) in [6, 6.07) is 6.28. The number of carbonyl (C=O) groups is 4. The van der Waals surface area contributed by atoms with Crippen LogP contribution in [0.4, 0.5) is 5.69 Å². The van der Waals surface area contributed by atoms with Crippen LogP contribution in [0.3, 0.4) is 0 Å². The van der Waals surface area contributed by atoms with Crippen LogP contribution in [0.15, 0.2) is 29.4 Å². The number of hydrogen-bond donors (Lipinski definition) is 0. The lowest BCUT2D eigenvalue weighted by molar-refractivity contribution is -0.141. The van der Waals surface area contributed by atoms with E-state index >= 15 is 0 Å². The van der Waals surface area contributed by atoms with Crippen molar-refractivity contribution in [1.82, 2.24) is 5.01 Å². The van der Waals surface area contributed by atoms with Crippen molar-refractivity contribution in [2.24, 2.45) is 5.10 Å². The van der Waals surface area contributed by atoms with Crippen molar-refractivity contribution in [3.63, 3.8) is 0 Å². The molecule has 3 amide bonds. The van der Waals surface area contributed by atoms with Gasteiger partial charge in [-0.25, -0.2) is 14.7 Å². The largest absolute Gasteiger partial charge is 0.461 e. The molecule has 0 aromatic heterocycles. The van der Waals surface area contributed by atoms with E-state index in [0.29, 0.717) is 10.7 Å². The molecule has 26 heavy (non-hydrogen) atoms. The second kappa shape index (κ2) is 6.53. The van der Waals surface area contributed by atoms with E-state index < -0.39 is 29.2 Å². The fourth-order valence-electron chi connectivity index (χ4n) is 3.21. The van der Waals surface area contributed by atoms with Crippen molar-refractivity contribution in [3.05, 3.63) is 29.3 Å². The zero-order valence-electron chi connectivity index (χ0n) is 14.2. The molecular weight excluding hydrogens is 362 g/mol. The Bertz CT molecular complexity index is 853. The van der Waals surface area contributed by atoms with Crippen LogP contribution in [-0.4, -0.2) is 46.6 Å². The van der Waals surface area contributed by atoms with E-state index in [1.165, 1.54) is 13.0 Å². The molecule has 9 heteroatoms. The number of carbonyl (C=O) groups excluding carboxylic acids is 4. The van der Waals surface area contributed by atoms with Gasteiger partial charge in [0.2, 0.25) is 11.8 Å². The van der Waals surface area contributed by atoms with Crippen molar-refractivity contribution in [1.29, 1.82) is 0 Å². The fraction of sp³-hybridized carbons (Fsp3) is 0.353. The highest BCUT2D eigenvalue weighted by Gasteiger charge is 2.61. The summed E-state index contributed by atoms with van der Waals surface area (Å²) >= 11 is 5.95. The molecular formula is C17H16ClN3O5. The average molecular weight is 378 g/mol. The van der Waals surface area contributed by atoms with Crippen molar-refractivity contribution in [3.8, 4) is 0 Å². The molecule has 1 aromatic carbocycles. The maximum atomic E-state index is 13.1. The minimum absolute atomic E-state index is 0.0591. The molecule has 0 unspecified atom stereocenters. The van der Waals surface area contributed by atoms with Gasteiger partial charge in [0.1, 0.15) is 5.71 Å². The normalized spacial score (nSPS) is 22.2. The summed E-state index contributed by atoms with van der Waals surface area (Å²) in [7, 11) is 0. The number of amides is 3. The second-order valence-corrected chi connectivity index (χ2v) is 6.43. The Morgan fingerprint density at radius 2 is 2.04 bits per heavy atom. The number of nitrogens with zero attached hydrogens (tertiary/aromatic N) is 3. The van der Waals surface area contributed by atoms with Gasteiger partial charge in [0.15, 0.2) is 5.54 Å². The number of imide groups is 1. The minimum atomic E-state index is -1.55. The summed E-state index contributed by atoms with van der Waals surface area (Å²) in [5.41, 5.74) is -1.30. The molecule has 136 valence electrons. The van der Waals surface area contributed by atoms with Crippen molar-refractivity contribution >= 4 is 46.7 Å². The van der Waals surface area contributed by atoms with Crippen LogP contribution in [0.1, 0.15) is 26.7 Å². The Kier molecular flexibility index (Phi) is 4.53. The Balaban J connectivity index is 1.99. The zero-order valence-corrected chi connectivity index (χ0v) is 14.9. The van der Waals surface area contributed by atoms with Crippen molar-refractivity contribution in [2.45, 2.75) is 32.2 Å². The second-order valence-electron chi connectivity index (χ2n) is 6.00. The fourth-order valence-corrected chi connectivity index (χ4v) is 3.39. The molecule has 0 bridgehead atoms. The average Bonchev–Trinajstić information content (AvgIpc) is 3.07. The molecule has 0 N–H and O–H groups in total. The first-order chi connectivity index (χ1) is 12.3. The lowest BCUT2D eigenvalue weighted by Gasteiger charge is -2.28. The standard InChI is InChI=1S/C17H16ClN3O5/c1-3-26-15(24)13-8-17(21(19-13)10(2)22)9-14(23)20(16(17)25)12-6-4-5-11(18)7-12/h4-7H,3,8-9H2,1-2H3/t17-/m1/s1. The van der Waals surface area contributed by atoms with Gasteiger partial charge in [-0.15, -0.1) is 0 Å². The molecule has 1 fully saturated rings. The third-order valence-corrected chi connectivity index (χ3v) is 4.49. The van der Waals surface area contributed by atoms with Crippen LogP contribution in [0.2, 0.25) is 5.02 Å².